The number of rotatable bonds is 4. The van der Waals surface area contributed by atoms with Crippen LogP contribution < -0.4 is 5.73 Å². The van der Waals surface area contributed by atoms with Gasteiger partial charge in [0.1, 0.15) is 23.3 Å². The van der Waals surface area contributed by atoms with Crippen LogP contribution in [0.2, 0.25) is 0 Å². The van der Waals surface area contributed by atoms with Gasteiger partial charge in [-0.2, -0.15) is 0 Å². The molecule has 0 radical (unpaired) electrons. The first kappa shape index (κ1) is 18.1. The molecule has 30 heavy (non-hydrogen) atoms. The first-order valence-corrected chi connectivity index (χ1v) is 9.80. The summed E-state index contributed by atoms with van der Waals surface area (Å²) in [4.78, 5) is 28.5. The number of anilines is 1. The molecule has 150 valence electrons. The Labute approximate surface area is 172 Å². The highest BCUT2D eigenvalue weighted by Gasteiger charge is 2.18. The van der Waals surface area contributed by atoms with Gasteiger partial charge < -0.3 is 15.0 Å². The molecule has 0 spiro atoms. The van der Waals surface area contributed by atoms with Gasteiger partial charge in [-0.3, -0.25) is 9.20 Å². The smallest absolute Gasteiger partial charge is 0.254 e. The number of nitrogens with two attached hydrogens (primary N) is 1. The zero-order valence-electron chi connectivity index (χ0n) is 16.8. The molecule has 0 fully saturated rings. The minimum Gasteiger partial charge on any atom is -0.382 e. The van der Waals surface area contributed by atoms with Gasteiger partial charge in [0.25, 0.3) is 5.91 Å². The molecule has 1 amide bonds. The van der Waals surface area contributed by atoms with E-state index in [4.69, 9.17) is 5.73 Å². The second kappa shape index (κ2) is 6.84. The van der Waals surface area contributed by atoms with Gasteiger partial charge in [0.05, 0.1) is 29.0 Å². The summed E-state index contributed by atoms with van der Waals surface area (Å²) < 4.78 is 3.85. The van der Waals surface area contributed by atoms with Crippen LogP contribution in [0.15, 0.2) is 55.1 Å². The number of amides is 1. The van der Waals surface area contributed by atoms with E-state index >= 15 is 0 Å². The van der Waals surface area contributed by atoms with Gasteiger partial charge in [0.2, 0.25) is 0 Å². The Morgan fingerprint density at radius 1 is 1.20 bits per heavy atom. The Kier molecular flexibility index (Phi) is 4.13. The largest absolute Gasteiger partial charge is 0.382 e. The number of aromatic nitrogens is 5. The molecule has 8 nitrogen and oxygen atoms in total. The van der Waals surface area contributed by atoms with Crippen LogP contribution in [0.1, 0.15) is 28.7 Å². The van der Waals surface area contributed by atoms with Crippen molar-refractivity contribution >= 4 is 33.9 Å². The zero-order chi connectivity index (χ0) is 20.8. The number of hydrogen-bond donors (Lipinski definition) is 1. The fourth-order valence-corrected chi connectivity index (χ4v) is 3.82. The predicted octanol–water partition coefficient (Wildman–Crippen LogP) is 3.08. The maximum absolute atomic E-state index is 13.3. The molecule has 5 aromatic rings. The number of imidazole rings is 2. The number of benzene rings is 1. The van der Waals surface area contributed by atoms with Gasteiger partial charge in [0.15, 0.2) is 0 Å². The average molecular weight is 399 g/mol. The van der Waals surface area contributed by atoms with Crippen LogP contribution in [0.3, 0.4) is 0 Å². The first-order valence-electron chi connectivity index (χ1n) is 9.80. The van der Waals surface area contributed by atoms with Gasteiger partial charge >= 0.3 is 0 Å². The third-order valence-electron chi connectivity index (χ3n) is 5.35. The van der Waals surface area contributed by atoms with Crippen LogP contribution in [-0.2, 0) is 6.54 Å². The molecule has 2 N–H and O–H groups in total. The van der Waals surface area contributed by atoms with Crippen LogP contribution >= 0.6 is 0 Å². The van der Waals surface area contributed by atoms with Crippen molar-refractivity contribution in [3.05, 3.63) is 72.1 Å². The number of pyridine rings is 1. The number of nitrogen functional groups attached to an aromatic ring is 1. The van der Waals surface area contributed by atoms with E-state index in [-0.39, 0.29) is 5.91 Å². The summed E-state index contributed by atoms with van der Waals surface area (Å²) in [5.41, 5.74) is 11.5. The lowest BCUT2D eigenvalue weighted by atomic mass is 10.1. The van der Waals surface area contributed by atoms with E-state index in [0.29, 0.717) is 24.5 Å². The van der Waals surface area contributed by atoms with Crippen molar-refractivity contribution in [1.82, 2.24) is 28.7 Å². The number of aryl methyl sites for hydroxylation is 1. The summed E-state index contributed by atoms with van der Waals surface area (Å²) in [6.07, 6.45) is 5.62. The standard InChI is InChI=1S/C22H21N7O/c1-3-27(11-16-12-28-9-5-4-6-19(28)25-16)22(30)15-7-8-17-18(10-15)29-13-24-14(2)20(29)21(23)26-17/h4-10,12-13H,3,11H2,1-2H3,(H2,23,26). The highest BCUT2D eigenvalue weighted by molar-refractivity contribution is 5.98. The van der Waals surface area contributed by atoms with Crippen LogP contribution in [0.5, 0.6) is 0 Å². The summed E-state index contributed by atoms with van der Waals surface area (Å²) >= 11 is 0. The molecule has 0 aliphatic heterocycles. The Morgan fingerprint density at radius 2 is 2.07 bits per heavy atom. The van der Waals surface area contributed by atoms with Gasteiger partial charge in [-0.05, 0) is 44.2 Å². The van der Waals surface area contributed by atoms with E-state index in [1.807, 2.05) is 65.4 Å². The highest BCUT2D eigenvalue weighted by Crippen LogP contribution is 2.23. The summed E-state index contributed by atoms with van der Waals surface area (Å²) in [5.74, 6) is 0.372. The van der Waals surface area contributed by atoms with Gasteiger partial charge in [-0.15, -0.1) is 0 Å². The van der Waals surface area contributed by atoms with Gasteiger partial charge in [-0.25, -0.2) is 15.0 Å². The number of carbonyl (C=O) groups is 1. The third-order valence-corrected chi connectivity index (χ3v) is 5.35. The highest BCUT2D eigenvalue weighted by atomic mass is 16.2. The molecule has 8 heteroatoms. The minimum absolute atomic E-state index is 0.0572. The maximum Gasteiger partial charge on any atom is 0.254 e. The maximum atomic E-state index is 13.3. The Morgan fingerprint density at radius 3 is 2.87 bits per heavy atom. The molecule has 0 bridgehead atoms. The molecule has 1 aromatic carbocycles. The van der Waals surface area contributed by atoms with Gasteiger partial charge in [0, 0.05) is 24.5 Å². The summed E-state index contributed by atoms with van der Waals surface area (Å²) in [5, 5.41) is 0. The SMILES string of the molecule is CCN(Cc1cn2ccccc2n1)C(=O)c1ccc2nc(N)c3c(C)ncn3c2c1. The van der Waals surface area contributed by atoms with Crippen molar-refractivity contribution in [3.63, 3.8) is 0 Å². The lowest BCUT2D eigenvalue weighted by Gasteiger charge is -2.20. The lowest BCUT2D eigenvalue weighted by molar-refractivity contribution is 0.0751. The van der Waals surface area contributed by atoms with Crippen molar-refractivity contribution in [3.8, 4) is 0 Å². The van der Waals surface area contributed by atoms with Crippen LogP contribution in [0.25, 0.3) is 22.2 Å². The lowest BCUT2D eigenvalue weighted by Crippen LogP contribution is -2.30. The predicted molar refractivity (Wildman–Crippen MR) is 115 cm³/mol. The van der Waals surface area contributed by atoms with Crippen LogP contribution in [-0.4, -0.2) is 41.1 Å². The molecule has 4 heterocycles. The van der Waals surface area contributed by atoms with Crippen molar-refractivity contribution in [2.24, 2.45) is 0 Å². The molecule has 0 saturated carbocycles. The summed E-state index contributed by atoms with van der Waals surface area (Å²) in [6, 6.07) is 11.3. The van der Waals surface area contributed by atoms with E-state index in [1.54, 1.807) is 17.3 Å². The normalized spacial score (nSPS) is 11.5. The monoisotopic (exact) mass is 399 g/mol. The molecule has 0 atom stereocenters. The summed E-state index contributed by atoms with van der Waals surface area (Å²) in [7, 11) is 0. The fraction of sp³-hybridized carbons (Fsp3) is 0.182. The zero-order valence-corrected chi connectivity index (χ0v) is 16.8. The minimum atomic E-state index is -0.0572. The number of nitrogens with zero attached hydrogens (tertiary/aromatic N) is 6. The van der Waals surface area contributed by atoms with Crippen molar-refractivity contribution in [2.75, 3.05) is 12.3 Å². The molecule has 0 aliphatic rings. The molecule has 4 aromatic heterocycles. The molecule has 0 aliphatic carbocycles. The Balaban J connectivity index is 1.52. The summed E-state index contributed by atoms with van der Waals surface area (Å²) in [6.45, 7) is 4.87. The molecular weight excluding hydrogens is 378 g/mol. The molecule has 5 rings (SSSR count). The van der Waals surface area contributed by atoms with E-state index in [9.17, 15) is 4.79 Å². The van der Waals surface area contributed by atoms with E-state index in [0.717, 1.165) is 33.6 Å². The average Bonchev–Trinajstić information content (AvgIpc) is 3.35. The van der Waals surface area contributed by atoms with E-state index < -0.39 is 0 Å². The van der Waals surface area contributed by atoms with E-state index in [1.165, 1.54) is 0 Å². The topological polar surface area (TPSA) is 93.8 Å². The molecule has 0 unspecified atom stereocenters. The second-order valence-electron chi connectivity index (χ2n) is 7.27. The number of fused-ring (bicyclic) bond motifs is 4. The number of hydrogen-bond acceptors (Lipinski definition) is 5. The fourth-order valence-electron chi connectivity index (χ4n) is 3.82. The quantitative estimate of drug-likeness (QED) is 0.501. The Hall–Kier alpha value is -3.94. The molecular formula is C22H21N7O. The molecule has 0 saturated heterocycles. The first-order chi connectivity index (χ1) is 14.5. The van der Waals surface area contributed by atoms with Crippen molar-refractivity contribution < 1.29 is 4.79 Å². The van der Waals surface area contributed by atoms with Crippen LogP contribution in [0.4, 0.5) is 5.82 Å². The second-order valence-corrected chi connectivity index (χ2v) is 7.27. The number of carbonyl (C=O) groups excluding carboxylic acids is 1. The van der Waals surface area contributed by atoms with E-state index in [2.05, 4.69) is 15.0 Å². The van der Waals surface area contributed by atoms with Crippen molar-refractivity contribution in [2.45, 2.75) is 20.4 Å². The van der Waals surface area contributed by atoms with Crippen LogP contribution in [0, 0.1) is 6.92 Å². The van der Waals surface area contributed by atoms with Gasteiger partial charge in [-0.1, -0.05) is 6.07 Å². The Bertz CT molecular complexity index is 1380. The third kappa shape index (κ3) is 2.85. The van der Waals surface area contributed by atoms with Crippen molar-refractivity contribution in [1.29, 1.82) is 0 Å².